The minimum Gasteiger partial charge on any atom is -0.462 e. The highest BCUT2D eigenvalue weighted by atomic mass is 16.6. The van der Waals surface area contributed by atoms with Crippen LogP contribution in [0.5, 0.6) is 0 Å². The lowest BCUT2D eigenvalue weighted by Gasteiger charge is -2.18. The maximum Gasteiger partial charge on any atom is 0.306 e. The molecule has 0 heterocycles. The molecular weight excluding hydrogens is 841 g/mol. The van der Waals surface area contributed by atoms with Gasteiger partial charge < -0.3 is 14.2 Å². The predicted octanol–water partition coefficient (Wildman–Crippen LogP) is 19.4. The van der Waals surface area contributed by atoms with E-state index in [-0.39, 0.29) is 31.1 Å². The van der Waals surface area contributed by atoms with Crippen LogP contribution in [-0.4, -0.2) is 37.2 Å². The number of hydrogen-bond acceptors (Lipinski definition) is 6. The third-order valence-corrected chi connectivity index (χ3v) is 12.4. The second-order valence-corrected chi connectivity index (χ2v) is 19.2. The summed E-state index contributed by atoms with van der Waals surface area (Å²) in [7, 11) is 0. The monoisotopic (exact) mass is 949 g/mol. The Kier molecular flexibility index (Phi) is 53.8. The Balaban J connectivity index is 4.25. The molecule has 392 valence electrons. The van der Waals surface area contributed by atoms with Gasteiger partial charge in [-0.3, -0.25) is 14.4 Å². The molecule has 0 aromatic rings. The second-order valence-electron chi connectivity index (χ2n) is 19.2. The van der Waals surface area contributed by atoms with Crippen LogP contribution in [-0.2, 0) is 28.6 Å². The van der Waals surface area contributed by atoms with Crippen molar-refractivity contribution < 1.29 is 28.6 Å². The topological polar surface area (TPSA) is 78.9 Å². The molecule has 68 heavy (non-hydrogen) atoms. The zero-order chi connectivity index (χ0) is 49.3. The number of ether oxygens (including phenoxy) is 3. The van der Waals surface area contributed by atoms with E-state index < -0.39 is 6.10 Å². The van der Waals surface area contributed by atoms with E-state index in [0.29, 0.717) is 19.3 Å². The van der Waals surface area contributed by atoms with Crippen LogP contribution in [0, 0.1) is 0 Å². The van der Waals surface area contributed by atoms with E-state index in [1.54, 1.807) is 0 Å². The molecule has 0 aliphatic rings. The third kappa shape index (κ3) is 53.8. The van der Waals surface area contributed by atoms with Crippen molar-refractivity contribution in [3.05, 3.63) is 72.9 Å². The molecular formula is C62H108O6. The molecule has 6 heteroatoms. The molecule has 0 saturated heterocycles. The van der Waals surface area contributed by atoms with Crippen molar-refractivity contribution in [2.75, 3.05) is 13.2 Å². The van der Waals surface area contributed by atoms with E-state index in [2.05, 4.69) is 93.7 Å². The fourth-order valence-electron chi connectivity index (χ4n) is 8.11. The van der Waals surface area contributed by atoms with Crippen molar-refractivity contribution in [2.45, 2.75) is 290 Å². The summed E-state index contributed by atoms with van der Waals surface area (Å²) < 4.78 is 16.8. The van der Waals surface area contributed by atoms with Gasteiger partial charge in [0.25, 0.3) is 0 Å². The number of esters is 3. The molecule has 0 bridgehead atoms. The Labute approximate surface area is 421 Å². The van der Waals surface area contributed by atoms with Crippen LogP contribution in [0.15, 0.2) is 72.9 Å². The zero-order valence-corrected chi connectivity index (χ0v) is 44.9. The first-order valence-electron chi connectivity index (χ1n) is 28.9. The van der Waals surface area contributed by atoms with Crippen LogP contribution >= 0.6 is 0 Å². The maximum absolute atomic E-state index is 12.8. The smallest absolute Gasteiger partial charge is 0.306 e. The number of rotatable bonds is 52. The van der Waals surface area contributed by atoms with E-state index in [0.717, 1.165) is 96.3 Å². The molecule has 0 N–H and O–H groups in total. The summed E-state index contributed by atoms with van der Waals surface area (Å²) >= 11 is 0. The molecule has 0 rings (SSSR count). The summed E-state index contributed by atoms with van der Waals surface area (Å²) in [6.07, 6.45) is 71.9. The van der Waals surface area contributed by atoms with E-state index in [4.69, 9.17) is 14.2 Å². The van der Waals surface area contributed by atoms with Crippen LogP contribution in [0.2, 0.25) is 0 Å². The highest BCUT2D eigenvalue weighted by Crippen LogP contribution is 2.15. The van der Waals surface area contributed by atoms with Gasteiger partial charge in [0.05, 0.1) is 0 Å². The van der Waals surface area contributed by atoms with Gasteiger partial charge in [-0.1, -0.05) is 248 Å². The quantitative estimate of drug-likeness (QED) is 0.0262. The number of carbonyl (C=O) groups excluding carboxylic acids is 3. The summed E-state index contributed by atoms with van der Waals surface area (Å²) in [5, 5.41) is 0. The SMILES string of the molecule is CC/C=C\C/C=C\C/C=C\C/C=C\C/C=C\CCCCCCCCCC(=O)OCC(COC(=O)CCCCCCCCCC)OC(=O)CCCCCCCCCCC/C=C\CCCCCCCC. The van der Waals surface area contributed by atoms with Crippen molar-refractivity contribution in [2.24, 2.45) is 0 Å². The second kappa shape index (κ2) is 56.4. The van der Waals surface area contributed by atoms with Crippen LogP contribution in [0.1, 0.15) is 284 Å². The number of hydrogen-bond donors (Lipinski definition) is 0. The molecule has 0 fully saturated rings. The minimum absolute atomic E-state index is 0.0779. The van der Waals surface area contributed by atoms with E-state index >= 15 is 0 Å². The van der Waals surface area contributed by atoms with Crippen LogP contribution in [0.3, 0.4) is 0 Å². The zero-order valence-electron chi connectivity index (χ0n) is 44.9. The van der Waals surface area contributed by atoms with Gasteiger partial charge in [-0.2, -0.15) is 0 Å². The third-order valence-electron chi connectivity index (χ3n) is 12.4. The van der Waals surface area contributed by atoms with Crippen LogP contribution in [0.25, 0.3) is 0 Å². The Hall–Kier alpha value is -3.15. The molecule has 1 atom stereocenters. The van der Waals surface area contributed by atoms with Gasteiger partial charge in [-0.05, 0) is 89.9 Å². The van der Waals surface area contributed by atoms with Gasteiger partial charge >= 0.3 is 17.9 Å². The number of allylic oxidation sites excluding steroid dienone is 12. The lowest BCUT2D eigenvalue weighted by molar-refractivity contribution is -0.167. The molecule has 1 unspecified atom stereocenters. The molecule has 0 radical (unpaired) electrons. The minimum atomic E-state index is -0.778. The average molecular weight is 950 g/mol. The molecule has 0 spiro atoms. The Morgan fingerprint density at radius 2 is 0.574 bits per heavy atom. The van der Waals surface area contributed by atoms with Gasteiger partial charge in [0.1, 0.15) is 13.2 Å². The van der Waals surface area contributed by atoms with Gasteiger partial charge in [0, 0.05) is 19.3 Å². The number of carbonyl (C=O) groups is 3. The first-order valence-corrected chi connectivity index (χ1v) is 28.9. The molecule has 6 nitrogen and oxygen atoms in total. The molecule has 0 aliphatic heterocycles. The fourth-order valence-corrected chi connectivity index (χ4v) is 8.11. The lowest BCUT2D eigenvalue weighted by Crippen LogP contribution is -2.30. The first kappa shape index (κ1) is 64.8. The van der Waals surface area contributed by atoms with Gasteiger partial charge in [0.15, 0.2) is 6.10 Å². The van der Waals surface area contributed by atoms with Gasteiger partial charge in [0.2, 0.25) is 0 Å². The normalized spacial score (nSPS) is 12.6. The van der Waals surface area contributed by atoms with Gasteiger partial charge in [-0.25, -0.2) is 0 Å². The van der Waals surface area contributed by atoms with Crippen molar-refractivity contribution in [1.29, 1.82) is 0 Å². The standard InChI is InChI=1S/C62H108O6/c1-4-7-10-13-16-19-21-23-25-27-29-30-31-32-34-35-37-39-41-43-46-49-52-55-61(64)67-58-59(57-66-60(63)54-51-48-45-18-15-12-9-6-3)68-62(65)56-53-50-47-44-42-40-38-36-33-28-26-24-22-20-17-14-11-8-5-2/h7,10,16,19,23-26,29-30,32,34,59H,4-6,8-9,11-15,17-18,20-22,27-28,31,33,35-58H2,1-3H3/b10-7-,19-16-,25-23-,26-24-,30-29-,34-32-. The summed E-state index contributed by atoms with van der Waals surface area (Å²) in [5.74, 6) is -0.888. The van der Waals surface area contributed by atoms with Crippen molar-refractivity contribution >= 4 is 17.9 Å². The maximum atomic E-state index is 12.8. The highest BCUT2D eigenvalue weighted by molar-refractivity contribution is 5.71. The summed E-state index contributed by atoms with van der Waals surface area (Å²) in [6.45, 7) is 6.50. The molecule has 0 amide bonds. The van der Waals surface area contributed by atoms with Crippen molar-refractivity contribution in [1.82, 2.24) is 0 Å². The van der Waals surface area contributed by atoms with Crippen LogP contribution in [0.4, 0.5) is 0 Å². The van der Waals surface area contributed by atoms with E-state index in [1.165, 1.54) is 148 Å². The Morgan fingerprint density at radius 3 is 0.912 bits per heavy atom. The summed E-state index contributed by atoms with van der Waals surface area (Å²) in [6, 6.07) is 0. The molecule has 0 aromatic heterocycles. The molecule has 0 aromatic carbocycles. The molecule has 0 saturated carbocycles. The van der Waals surface area contributed by atoms with E-state index in [1.807, 2.05) is 0 Å². The number of unbranched alkanes of at least 4 members (excludes halogenated alkanes) is 29. The Bertz CT molecular complexity index is 1270. The van der Waals surface area contributed by atoms with Crippen molar-refractivity contribution in [3.8, 4) is 0 Å². The van der Waals surface area contributed by atoms with Crippen molar-refractivity contribution in [3.63, 3.8) is 0 Å². The molecule has 0 aliphatic carbocycles. The highest BCUT2D eigenvalue weighted by Gasteiger charge is 2.19. The summed E-state index contributed by atoms with van der Waals surface area (Å²) in [4.78, 5) is 38.0. The van der Waals surface area contributed by atoms with E-state index in [9.17, 15) is 14.4 Å². The predicted molar refractivity (Wildman–Crippen MR) is 293 cm³/mol. The lowest BCUT2D eigenvalue weighted by atomic mass is 10.1. The average Bonchev–Trinajstić information content (AvgIpc) is 3.34. The Morgan fingerprint density at radius 1 is 0.309 bits per heavy atom. The van der Waals surface area contributed by atoms with Gasteiger partial charge in [-0.15, -0.1) is 0 Å². The van der Waals surface area contributed by atoms with Crippen LogP contribution < -0.4 is 0 Å². The summed E-state index contributed by atoms with van der Waals surface area (Å²) in [5.41, 5.74) is 0. The largest absolute Gasteiger partial charge is 0.462 e. The first-order chi connectivity index (χ1) is 33.5. The fraction of sp³-hybridized carbons (Fsp3) is 0.758.